The molecular formula is C24H28FN5O. The fourth-order valence-corrected chi connectivity index (χ4v) is 3.76. The van der Waals surface area contributed by atoms with Gasteiger partial charge in [0.05, 0.1) is 5.71 Å². The summed E-state index contributed by atoms with van der Waals surface area (Å²) in [5.41, 5.74) is 9.29. The average Bonchev–Trinajstić information content (AvgIpc) is 2.79. The highest BCUT2D eigenvalue weighted by atomic mass is 19.1. The molecule has 2 aliphatic heterocycles. The highest BCUT2D eigenvalue weighted by molar-refractivity contribution is 6.01. The van der Waals surface area contributed by atoms with Gasteiger partial charge in [0.2, 0.25) is 5.88 Å². The van der Waals surface area contributed by atoms with Gasteiger partial charge in [-0.3, -0.25) is 0 Å². The zero-order valence-corrected chi connectivity index (χ0v) is 18.0. The van der Waals surface area contributed by atoms with E-state index < -0.39 is 0 Å². The number of halogens is 1. The van der Waals surface area contributed by atoms with Crippen molar-refractivity contribution in [3.05, 3.63) is 71.9 Å². The normalized spacial score (nSPS) is 18.8. The lowest BCUT2D eigenvalue weighted by molar-refractivity contribution is 0.204. The van der Waals surface area contributed by atoms with Gasteiger partial charge in [-0.05, 0) is 24.2 Å². The Kier molecular flexibility index (Phi) is 6.32. The summed E-state index contributed by atoms with van der Waals surface area (Å²) in [7, 11) is 2.09. The molecule has 0 bridgehead atoms. The van der Waals surface area contributed by atoms with Crippen LogP contribution in [0.15, 0.2) is 70.5 Å². The summed E-state index contributed by atoms with van der Waals surface area (Å²) >= 11 is 0. The molecule has 2 aromatic rings. The van der Waals surface area contributed by atoms with E-state index in [1.165, 1.54) is 0 Å². The number of hydrogen-bond acceptors (Lipinski definition) is 4. The second kappa shape index (κ2) is 9.31. The lowest BCUT2D eigenvalue weighted by Gasteiger charge is -2.33. The maximum atomic E-state index is 14.8. The van der Waals surface area contributed by atoms with Gasteiger partial charge in [-0.25, -0.2) is 9.38 Å². The van der Waals surface area contributed by atoms with Crippen LogP contribution in [0.2, 0.25) is 0 Å². The maximum Gasteiger partial charge on any atom is 0.220 e. The highest BCUT2D eigenvalue weighted by Gasteiger charge is 2.20. The first-order valence-corrected chi connectivity index (χ1v) is 10.5. The molecule has 2 N–H and O–H groups in total. The fraction of sp³-hybridized carbons (Fsp3) is 0.333. The van der Waals surface area contributed by atoms with Crippen LogP contribution in [0, 0.1) is 5.82 Å². The Balaban J connectivity index is 1.50. The quantitative estimate of drug-likeness (QED) is 0.607. The second-order valence-electron chi connectivity index (χ2n) is 7.93. The third-order valence-electron chi connectivity index (χ3n) is 5.80. The fourth-order valence-electron chi connectivity index (χ4n) is 3.76. The lowest BCUT2D eigenvalue weighted by atomic mass is 9.93. The molecule has 0 aliphatic carbocycles. The number of allylic oxidation sites excluding steroid dienone is 1. The molecule has 0 spiro atoms. The molecule has 0 amide bonds. The minimum atomic E-state index is -0.246. The largest absolute Gasteiger partial charge is 0.454 e. The average molecular weight is 422 g/mol. The first-order chi connectivity index (χ1) is 15.0. The van der Waals surface area contributed by atoms with Crippen molar-refractivity contribution in [1.29, 1.82) is 0 Å². The Morgan fingerprint density at radius 1 is 1.13 bits per heavy atom. The Hall–Kier alpha value is -3.19. The summed E-state index contributed by atoms with van der Waals surface area (Å²) in [6.45, 7) is 5.75. The van der Waals surface area contributed by atoms with Crippen LogP contribution in [0.5, 0.6) is 0 Å². The molecule has 31 heavy (non-hydrogen) atoms. The van der Waals surface area contributed by atoms with Gasteiger partial charge in [-0.15, -0.1) is 0 Å². The minimum absolute atomic E-state index is 0.0988. The smallest absolute Gasteiger partial charge is 0.220 e. The molecule has 2 aliphatic rings. The molecule has 1 saturated heterocycles. The zero-order valence-electron chi connectivity index (χ0n) is 18.0. The van der Waals surface area contributed by atoms with Crippen LogP contribution in [-0.4, -0.2) is 61.4 Å². The van der Waals surface area contributed by atoms with Gasteiger partial charge in [0.25, 0.3) is 0 Å². The van der Waals surface area contributed by atoms with Crippen LogP contribution in [0.1, 0.15) is 18.4 Å². The van der Waals surface area contributed by atoms with Crippen molar-refractivity contribution >= 4 is 11.7 Å². The number of likely N-dealkylation sites (N-methyl/N-ethyl adjacent to an activating group) is 1. The van der Waals surface area contributed by atoms with Gasteiger partial charge >= 0.3 is 0 Å². The summed E-state index contributed by atoms with van der Waals surface area (Å²) in [6.07, 6.45) is 1.79. The van der Waals surface area contributed by atoms with E-state index in [9.17, 15) is 4.39 Å². The number of aliphatic imine (C=N–C) groups is 2. The molecule has 0 saturated carbocycles. The molecule has 4 rings (SSSR count). The highest BCUT2D eigenvalue weighted by Crippen LogP contribution is 2.28. The Morgan fingerprint density at radius 2 is 1.87 bits per heavy atom. The van der Waals surface area contributed by atoms with Gasteiger partial charge in [-0.2, -0.15) is 4.99 Å². The zero-order chi connectivity index (χ0) is 21.8. The standard InChI is InChI=1S/C24H28FN5O/c1-17(19-8-9-20(21(25)14-19)18-6-4-3-5-7-18)22-15-23(31-16-27-22)28-24(26)30-12-10-29(2)11-13-30/h3-9,14-15,17H,10-13,16H2,1-2H3,(H2,26,28). The molecule has 1 unspecified atom stereocenters. The van der Waals surface area contributed by atoms with Crippen molar-refractivity contribution in [1.82, 2.24) is 9.80 Å². The Labute approximate surface area is 182 Å². The third-order valence-corrected chi connectivity index (χ3v) is 5.80. The van der Waals surface area contributed by atoms with E-state index >= 15 is 0 Å². The van der Waals surface area contributed by atoms with E-state index in [0.717, 1.165) is 43.0 Å². The van der Waals surface area contributed by atoms with E-state index in [4.69, 9.17) is 10.5 Å². The maximum absolute atomic E-state index is 14.8. The minimum Gasteiger partial charge on any atom is -0.454 e. The van der Waals surface area contributed by atoms with Crippen LogP contribution in [-0.2, 0) is 4.74 Å². The summed E-state index contributed by atoms with van der Waals surface area (Å²) < 4.78 is 20.4. The van der Waals surface area contributed by atoms with Gasteiger partial charge in [0.15, 0.2) is 12.7 Å². The molecule has 0 aromatic heterocycles. The van der Waals surface area contributed by atoms with E-state index in [1.807, 2.05) is 49.4 Å². The van der Waals surface area contributed by atoms with E-state index in [2.05, 4.69) is 26.8 Å². The van der Waals surface area contributed by atoms with E-state index in [1.54, 1.807) is 12.1 Å². The van der Waals surface area contributed by atoms with Crippen molar-refractivity contribution in [2.45, 2.75) is 12.8 Å². The van der Waals surface area contributed by atoms with Gasteiger partial charge in [0, 0.05) is 43.7 Å². The number of guanidine groups is 1. The van der Waals surface area contributed by atoms with Crippen LogP contribution in [0.25, 0.3) is 11.1 Å². The summed E-state index contributed by atoms with van der Waals surface area (Å²) in [5.74, 6) is 0.546. The molecule has 2 aromatic carbocycles. The number of nitrogens with zero attached hydrogens (tertiary/aromatic N) is 4. The van der Waals surface area contributed by atoms with Crippen LogP contribution in [0.4, 0.5) is 4.39 Å². The SMILES string of the molecule is CC(C1=NCOC(/N=C(/N)N2CCN(C)CC2)=C1)c1ccc(-c2ccccc2)c(F)c1. The lowest BCUT2D eigenvalue weighted by Crippen LogP contribution is -2.49. The Morgan fingerprint density at radius 3 is 2.58 bits per heavy atom. The van der Waals surface area contributed by atoms with Gasteiger partial charge in [0.1, 0.15) is 5.82 Å². The molecule has 0 radical (unpaired) electrons. The summed E-state index contributed by atoms with van der Waals surface area (Å²) in [5, 5.41) is 0. The molecule has 2 heterocycles. The number of hydrogen-bond donors (Lipinski definition) is 1. The third kappa shape index (κ3) is 4.94. The molecule has 6 nitrogen and oxygen atoms in total. The van der Waals surface area contributed by atoms with Gasteiger partial charge in [-0.1, -0.05) is 49.4 Å². The van der Waals surface area contributed by atoms with Crippen LogP contribution < -0.4 is 5.73 Å². The first kappa shape index (κ1) is 21.1. The number of piperazine rings is 1. The number of benzene rings is 2. The van der Waals surface area contributed by atoms with Crippen molar-refractivity contribution in [3.63, 3.8) is 0 Å². The number of nitrogens with two attached hydrogens (primary N) is 1. The molecule has 1 atom stereocenters. The Bertz CT molecular complexity index is 1010. The number of ether oxygens (including phenoxy) is 1. The van der Waals surface area contributed by atoms with Crippen molar-refractivity contribution < 1.29 is 9.13 Å². The van der Waals surface area contributed by atoms with E-state index in [0.29, 0.717) is 17.4 Å². The van der Waals surface area contributed by atoms with E-state index in [-0.39, 0.29) is 18.5 Å². The molecule has 7 heteroatoms. The van der Waals surface area contributed by atoms with Gasteiger partial charge < -0.3 is 20.3 Å². The molecule has 1 fully saturated rings. The van der Waals surface area contributed by atoms with Crippen molar-refractivity contribution in [3.8, 4) is 11.1 Å². The monoisotopic (exact) mass is 421 g/mol. The van der Waals surface area contributed by atoms with Crippen molar-refractivity contribution in [2.75, 3.05) is 40.0 Å². The predicted octanol–water partition coefficient (Wildman–Crippen LogP) is 3.43. The topological polar surface area (TPSA) is 66.5 Å². The summed E-state index contributed by atoms with van der Waals surface area (Å²) in [6, 6.07) is 14.9. The second-order valence-corrected chi connectivity index (χ2v) is 7.93. The first-order valence-electron chi connectivity index (χ1n) is 10.5. The molecule has 162 valence electrons. The number of rotatable bonds is 4. The van der Waals surface area contributed by atoms with Crippen molar-refractivity contribution in [2.24, 2.45) is 15.7 Å². The predicted molar refractivity (Wildman–Crippen MR) is 122 cm³/mol. The van der Waals surface area contributed by atoms with Crippen LogP contribution in [0.3, 0.4) is 0 Å². The van der Waals surface area contributed by atoms with Crippen LogP contribution >= 0.6 is 0 Å². The summed E-state index contributed by atoms with van der Waals surface area (Å²) in [4.78, 5) is 13.2. The molecular weight excluding hydrogens is 393 g/mol.